The first-order valence-electron chi connectivity index (χ1n) is 10.7. The van der Waals surface area contributed by atoms with Gasteiger partial charge in [-0.05, 0) is 57.7 Å². The van der Waals surface area contributed by atoms with E-state index < -0.39 is 11.7 Å². The number of benzene rings is 1. The molecule has 0 aromatic heterocycles. The van der Waals surface area contributed by atoms with Crippen LogP contribution in [0.2, 0.25) is 0 Å². The van der Waals surface area contributed by atoms with Gasteiger partial charge in [0.25, 0.3) is 5.91 Å². The van der Waals surface area contributed by atoms with Crippen molar-refractivity contribution in [3.8, 4) is 5.75 Å². The molecule has 0 spiro atoms. The largest absolute Gasteiger partial charge is 0.484 e. The number of ether oxygens (including phenoxy) is 2. The number of rotatable bonds is 10. The summed E-state index contributed by atoms with van der Waals surface area (Å²) >= 11 is 0. The summed E-state index contributed by atoms with van der Waals surface area (Å²) in [5.41, 5.74) is 0.633. The van der Waals surface area contributed by atoms with E-state index in [9.17, 15) is 9.59 Å². The first-order valence-corrected chi connectivity index (χ1v) is 10.7. The molecule has 172 valence electrons. The minimum absolute atomic E-state index is 0.0438. The highest BCUT2D eigenvalue weighted by atomic mass is 16.6. The van der Waals surface area contributed by atoms with Gasteiger partial charge in [-0.3, -0.25) is 9.79 Å². The average Bonchev–Trinajstić information content (AvgIpc) is 3.51. The van der Waals surface area contributed by atoms with Crippen molar-refractivity contribution < 1.29 is 19.1 Å². The lowest BCUT2D eigenvalue weighted by molar-refractivity contribution is -0.123. The summed E-state index contributed by atoms with van der Waals surface area (Å²) in [6.45, 7) is 7.17. The Balaban J connectivity index is 1.58. The van der Waals surface area contributed by atoms with Crippen molar-refractivity contribution >= 4 is 18.0 Å². The number of nitrogens with zero attached hydrogens (tertiary/aromatic N) is 1. The third-order valence-corrected chi connectivity index (χ3v) is 4.25. The number of amides is 2. The maximum absolute atomic E-state index is 11.7. The number of hydrogen-bond donors (Lipinski definition) is 4. The van der Waals surface area contributed by atoms with E-state index in [1.165, 1.54) is 0 Å². The van der Waals surface area contributed by atoms with Crippen LogP contribution >= 0.6 is 0 Å². The molecule has 1 saturated carbocycles. The van der Waals surface area contributed by atoms with Gasteiger partial charge in [-0.15, -0.1) is 0 Å². The molecule has 1 aromatic carbocycles. The second-order valence-electron chi connectivity index (χ2n) is 8.38. The molecule has 1 aromatic rings. The fourth-order valence-electron chi connectivity index (χ4n) is 2.60. The second kappa shape index (κ2) is 12.0. The first-order chi connectivity index (χ1) is 14.7. The smallest absolute Gasteiger partial charge is 0.407 e. The molecular formula is C22H35N5O4. The van der Waals surface area contributed by atoms with Crippen LogP contribution < -0.4 is 26.0 Å². The molecule has 9 heteroatoms. The van der Waals surface area contributed by atoms with E-state index in [0.717, 1.165) is 24.8 Å². The molecule has 0 bridgehead atoms. The lowest BCUT2D eigenvalue weighted by atomic mass is 10.1. The fourth-order valence-corrected chi connectivity index (χ4v) is 2.60. The molecule has 0 saturated heterocycles. The van der Waals surface area contributed by atoms with Gasteiger partial charge in [-0.25, -0.2) is 4.79 Å². The predicted octanol–water partition coefficient (Wildman–Crippen LogP) is 1.58. The van der Waals surface area contributed by atoms with Crippen LogP contribution in [0.25, 0.3) is 0 Å². The van der Waals surface area contributed by atoms with Gasteiger partial charge < -0.3 is 30.7 Å². The Morgan fingerprint density at radius 3 is 2.29 bits per heavy atom. The molecule has 2 rings (SSSR count). The van der Waals surface area contributed by atoms with Crippen LogP contribution in [0.15, 0.2) is 29.3 Å². The summed E-state index contributed by atoms with van der Waals surface area (Å²) in [7, 11) is 1.70. The number of aliphatic imine (C=N–C) groups is 1. The normalized spacial score (nSPS) is 13.9. The molecule has 31 heavy (non-hydrogen) atoms. The van der Waals surface area contributed by atoms with Crippen LogP contribution in [0.4, 0.5) is 4.79 Å². The summed E-state index contributed by atoms with van der Waals surface area (Å²) in [6, 6.07) is 8.05. The molecule has 0 radical (unpaired) electrons. The van der Waals surface area contributed by atoms with Crippen molar-refractivity contribution in [2.45, 2.75) is 51.7 Å². The lowest BCUT2D eigenvalue weighted by Crippen LogP contribution is -2.42. The summed E-state index contributed by atoms with van der Waals surface area (Å²) in [5.74, 6) is 1.26. The van der Waals surface area contributed by atoms with Gasteiger partial charge in [-0.1, -0.05) is 12.1 Å². The van der Waals surface area contributed by atoms with Gasteiger partial charge in [0.1, 0.15) is 11.4 Å². The van der Waals surface area contributed by atoms with Crippen LogP contribution in [0.5, 0.6) is 5.75 Å². The highest BCUT2D eigenvalue weighted by Gasteiger charge is 2.23. The molecular weight excluding hydrogens is 398 g/mol. The molecule has 0 unspecified atom stereocenters. The van der Waals surface area contributed by atoms with Crippen molar-refractivity contribution in [1.29, 1.82) is 0 Å². The predicted molar refractivity (Wildman–Crippen MR) is 120 cm³/mol. The second-order valence-corrected chi connectivity index (χ2v) is 8.38. The highest BCUT2D eigenvalue weighted by Crippen LogP contribution is 2.18. The molecule has 1 aliphatic carbocycles. The minimum atomic E-state index is -0.510. The van der Waals surface area contributed by atoms with Gasteiger partial charge in [-0.2, -0.15) is 0 Å². The van der Waals surface area contributed by atoms with E-state index in [0.29, 0.717) is 37.4 Å². The van der Waals surface area contributed by atoms with Crippen molar-refractivity contribution in [3.05, 3.63) is 29.8 Å². The van der Waals surface area contributed by atoms with Gasteiger partial charge in [0.15, 0.2) is 12.6 Å². The zero-order valence-electron chi connectivity index (χ0n) is 18.9. The van der Waals surface area contributed by atoms with Crippen molar-refractivity contribution in [2.24, 2.45) is 4.99 Å². The molecule has 2 amide bonds. The number of guanidine groups is 1. The van der Waals surface area contributed by atoms with Crippen LogP contribution in [-0.2, 0) is 16.0 Å². The Bertz CT molecular complexity index is 739. The topological polar surface area (TPSA) is 113 Å². The van der Waals surface area contributed by atoms with Gasteiger partial charge in [0.05, 0.1) is 0 Å². The standard InChI is InChI=1S/C22H35N5O4/c1-22(2,3)31-21(29)26-14-13-25-20(23-4)24-12-11-16-5-9-18(10-6-16)30-15-19(28)27-17-7-8-17/h5-6,9-10,17H,7-8,11-15H2,1-4H3,(H,26,29)(H,27,28)(H2,23,24,25). The number of hydrogen-bond acceptors (Lipinski definition) is 5. The summed E-state index contributed by atoms with van der Waals surface area (Å²) < 4.78 is 10.7. The quantitative estimate of drug-likeness (QED) is 0.253. The Morgan fingerprint density at radius 1 is 1.03 bits per heavy atom. The fraction of sp³-hybridized carbons (Fsp3) is 0.591. The first kappa shape index (κ1) is 24.3. The van der Waals surface area contributed by atoms with E-state index in [1.807, 2.05) is 45.0 Å². The van der Waals surface area contributed by atoms with Crippen LogP contribution in [0.1, 0.15) is 39.2 Å². The van der Waals surface area contributed by atoms with Crippen LogP contribution in [0, 0.1) is 0 Å². The molecule has 1 aliphatic rings. The van der Waals surface area contributed by atoms with Crippen molar-refractivity contribution in [1.82, 2.24) is 21.3 Å². The number of alkyl carbamates (subject to hydrolysis) is 1. The van der Waals surface area contributed by atoms with Crippen LogP contribution in [0.3, 0.4) is 0 Å². The Hall–Kier alpha value is -2.97. The van der Waals surface area contributed by atoms with Crippen molar-refractivity contribution in [3.63, 3.8) is 0 Å². The summed E-state index contributed by atoms with van der Waals surface area (Å²) in [4.78, 5) is 27.4. The molecule has 0 heterocycles. The molecule has 0 aliphatic heterocycles. The SMILES string of the molecule is CN=C(NCCNC(=O)OC(C)(C)C)NCCc1ccc(OCC(=O)NC2CC2)cc1. The summed E-state index contributed by atoms with van der Waals surface area (Å²) in [6.07, 6.45) is 2.50. The van der Waals surface area contributed by atoms with E-state index >= 15 is 0 Å². The van der Waals surface area contributed by atoms with E-state index in [1.54, 1.807) is 7.05 Å². The maximum atomic E-state index is 11.7. The number of carbonyl (C=O) groups excluding carboxylic acids is 2. The number of nitrogens with one attached hydrogen (secondary N) is 4. The van der Waals surface area contributed by atoms with Gasteiger partial charge >= 0.3 is 6.09 Å². The maximum Gasteiger partial charge on any atom is 0.407 e. The highest BCUT2D eigenvalue weighted by molar-refractivity contribution is 5.79. The zero-order chi connectivity index (χ0) is 22.7. The monoisotopic (exact) mass is 433 g/mol. The zero-order valence-corrected chi connectivity index (χ0v) is 18.9. The van der Waals surface area contributed by atoms with Crippen LogP contribution in [-0.4, -0.2) is 62.9 Å². The number of carbonyl (C=O) groups is 2. The molecule has 0 atom stereocenters. The van der Waals surface area contributed by atoms with E-state index in [-0.39, 0.29) is 12.5 Å². The minimum Gasteiger partial charge on any atom is -0.484 e. The Labute approximate surface area is 184 Å². The van der Waals surface area contributed by atoms with Gasteiger partial charge in [0.2, 0.25) is 0 Å². The third kappa shape index (κ3) is 11.1. The average molecular weight is 434 g/mol. The molecule has 9 nitrogen and oxygen atoms in total. The van der Waals surface area contributed by atoms with E-state index in [2.05, 4.69) is 26.3 Å². The summed E-state index contributed by atoms with van der Waals surface area (Å²) in [5, 5.41) is 12.0. The Kier molecular flexibility index (Phi) is 9.42. The molecule has 4 N–H and O–H groups in total. The lowest BCUT2D eigenvalue weighted by Gasteiger charge is -2.19. The molecule has 1 fully saturated rings. The Morgan fingerprint density at radius 2 is 1.68 bits per heavy atom. The van der Waals surface area contributed by atoms with Gasteiger partial charge in [0, 0.05) is 32.7 Å². The van der Waals surface area contributed by atoms with Crippen molar-refractivity contribution in [2.75, 3.05) is 33.3 Å². The third-order valence-electron chi connectivity index (χ3n) is 4.25. The van der Waals surface area contributed by atoms with E-state index in [4.69, 9.17) is 9.47 Å².